The molecule has 0 unspecified atom stereocenters. The molecule has 0 radical (unpaired) electrons. The van der Waals surface area contributed by atoms with Gasteiger partial charge in [-0.15, -0.1) is 0 Å². The van der Waals surface area contributed by atoms with Gasteiger partial charge >= 0.3 is 0 Å². The highest BCUT2D eigenvalue weighted by atomic mass is 35.5. The molecule has 4 heteroatoms. The van der Waals surface area contributed by atoms with E-state index in [-0.39, 0.29) is 24.2 Å². The van der Waals surface area contributed by atoms with Gasteiger partial charge < -0.3 is 10.1 Å². The molecule has 0 bridgehead atoms. The van der Waals surface area contributed by atoms with Crippen LogP contribution in [0.3, 0.4) is 0 Å². The summed E-state index contributed by atoms with van der Waals surface area (Å²) in [6.07, 6.45) is 4.57. The van der Waals surface area contributed by atoms with E-state index in [0.29, 0.717) is 5.92 Å². The molecule has 0 spiro atoms. The highest BCUT2D eigenvalue weighted by molar-refractivity contribution is 6.30. The first kappa shape index (κ1) is 13.9. The maximum atomic E-state index is 11.4. The summed E-state index contributed by atoms with van der Waals surface area (Å²) in [6.45, 7) is 1.59. The topological polar surface area (TPSA) is 38.3 Å². The molecule has 2 fully saturated rings. The summed E-state index contributed by atoms with van der Waals surface area (Å²) in [7, 11) is 0. The molecule has 1 saturated heterocycles. The average Bonchev–Trinajstić information content (AvgIpc) is 2.86. The van der Waals surface area contributed by atoms with Crippen LogP contribution in [-0.4, -0.2) is 18.1 Å². The van der Waals surface area contributed by atoms with E-state index in [0.717, 1.165) is 29.8 Å². The third kappa shape index (κ3) is 2.84. The first-order valence-corrected chi connectivity index (χ1v) is 7.69. The lowest BCUT2D eigenvalue weighted by atomic mass is 9.86. The molecule has 108 valence electrons. The van der Waals surface area contributed by atoms with Gasteiger partial charge in [-0.3, -0.25) is 4.79 Å². The molecular weight excluding hydrogens is 274 g/mol. The van der Waals surface area contributed by atoms with Crippen molar-refractivity contribution in [3.05, 3.63) is 34.9 Å². The highest BCUT2D eigenvalue weighted by Crippen LogP contribution is 2.42. The number of nitrogens with one attached hydrogen (secondary N) is 1. The van der Waals surface area contributed by atoms with Gasteiger partial charge in [-0.25, -0.2) is 0 Å². The third-order valence-corrected chi connectivity index (χ3v) is 4.67. The molecule has 1 heterocycles. The van der Waals surface area contributed by atoms with Crippen molar-refractivity contribution in [2.45, 2.75) is 50.9 Å². The van der Waals surface area contributed by atoms with Crippen molar-refractivity contribution >= 4 is 17.5 Å². The minimum absolute atomic E-state index is 0.0323. The smallest absolute Gasteiger partial charge is 0.217 e. The molecule has 1 aromatic rings. The van der Waals surface area contributed by atoms with Gasteiger partial charge in [0.15, 0.2) is 0 Å². The molecule has 1 aromatic carbocycles. The number of carbonyl (C=O) groups is 1. The number of ether oxygens (including phenoxy) is 1. The van der Waals surface area contributed by atoms with Gasteiger partial charge in [0.25, 0.3) is 0 Å². The van der Waals surface area contributed by atoms with Crippen molar-refractivity contribution < 1.29 is 9.53 Å². The number of hydrogen-bond donors (Lipinski definition) is 1. The fraction of sp³-hybridized carbons (Fsp3) is 0.562. The lowest BCUT2D eigenvalue weighted by molar-refractivity contribution is -0.124. The van der Waals surface area contributed by atoms with Crippen LogP contribution in [0.15, 0.2) is 24.3 Å². The second kappa shape index (κ2) is 5.74. The van der Waals surface area contributed by atoms with E-state index in [1.54, 1.807) is 6.92 Å². The van der Waals surface area contributed by atoms with E-state index >= 15 is 0 Å². The zero-order valence-electron chi connectivity index (χ0n) is 11.6. The monoisotopic (exact) mass is 293 g/mol. The molecular formula is C16H20ClNO2. The predicted molar refractivity (Wildman–Crippen MR) is 78.6 cm³/mol. The van der Waals surface area contributed by atoms with Crippen LogP contribution in [0.1, 0.15) is 44.3 Å². The van der Waals surface area contributed by atoms with Gasteiger partial charge in [0, 0.05) is 23.9 Å². The molecule has 3 nitrogen and oxygen atoms in total. The quantitative estimate of drug-likeness (QED) is 0.906. The van der Waals surface area contributed by atoms with Crippen LogP contribution >= 0.6 is 11.6 Å². The average molecular weight is 294 g/mol. The Morgan fingerprint density at radius 1 is 1.40 bits per heavy atom. The first-order chi connectivity index (χ1) is 9.63. The zero-order valence-corrected chi connectivity index (χ0v) is 12.4. The van der Waals surface area contributed by atoms with E-state index in [1.165, 1.54) is 6.42 Å². The maximum Gasteiger partial charge on any atom is 0.217 e. The van der Waals surface area contributed by atoms with Crippen LogP contribution in [0.2, 0.25) is 5.02 Å². The normalized spacial score (nSPS) is 32.7. The van der Waals surface area contributed by atoms with Crippen molar-refractivity contribution in [3.8, 4) is 0 Å². The summed E-state index contributed by atoms with van der Waals surface area (Å²) in [5, 5.41) is 3.85. The Bertz CT molecular complexity index is 505. The minimum Gasteiger partial charge on any atom is -0.370 e. The van der Waals surface area contributed by atoms with Crippen molar-refractivity contribution in [1.29, 1.82) is 0 Å². The second-order valence-electron chi connectivity index (χ2n) is 5.86. The van der Waals surface area contributed by atoms with E-state index in [2.05, 4.69) is 11.4 Å². The van der Waals surface area contributed by atoms with Crippen molar-refractivity contribution in [2.75, 3.05) is 0 Å². The summed E-state index contributed by atoms with van der Waals surface area (Å²) >= 11 is 6.07. The Labute approximate surface area is 124 Å². The molecule has 1 aliphatic carbocycles. The standard InChI is InChI=1S/C16H20ClNO2/c1-10(19)18-14-9-16(11-4-2-5-12(17)8-11)20-15-7-3-6-13(14)15/h2,4-5,8,13-16H,3,6-7,9H2,1H3,(H,18,19)/t13-,14+,15+,16+/m0/s1. The molecule has 1 N–H and O–H groups in total. The number of amides is 1. The van der Waals surface area contributed by atoms with Crippen LogP contribution in [0, 0.1) is 5.92 Å². The van der Waals surface area contributed by atoms with Gasteiger partial charge in [0.1, 0.15) is 0 Å². The molecule has 3 rings (SSSR count). The van der Waals surface area contributed by atoms with Crippen molar-refractivity contribution in [1.82, 2.24) is 5.32 Å². The molecule has 2 aliphatic rings. The number of fused-ring (bicyclic) bond motifs is 1. The highest BCUT2D eigenvalue weighted by Gasteiger charge is 2.42. The third-order valence-electron chi connectivity index (χ3n) is 4.44. The Hall–Kier alpha value is -1.06. The molecule has 1 amide bonds. The van der Waals surface area contributed by atoms with Gasteiger partial charge in [0.2, 0.25) is 5.91 Å². The van der Waals surface area contributed by atoms with E-state index in [1.807, 2.05) is 18.2 Å². The van der Waals surface area contributed by atoms with Crippen molar-refractivity contribution in [3.63, 3.8) is 0 Å². The summed E-state index contributed by atoms with van der Waals surface area (Å²) < 4.78 is 6.25. The van der Waals surface area contributed by atoms with Crippen LogP contribution < -0.4 is 5.32 Å². The van der Waals surface area contributed by atoms with Crippen molar-refractivity contribution in [2.24, 2.45) is 5.92 Å². The Kier molecular flexibility index (Phi) is 3.99. The number of rotatable bonds is 2. The lowest BCUT2D eigenvalue weighted by Gasteiger charge is -2.39. The molecule has 1 saturated carbocycles. The Morgan fingerprint density at radius 2 is 2.25 bits per heavy atom. The molecule has 4 atom stereocenters. The van der Waals surface area contributed by atoms with E-state index < -0.39 is 0 Å². The largest absolute Gasteiger partial charge is 0.370 e. The SMILES string of the molecule is CC(=O)N[C@@H]1C[C@H](c2cccc(Cl)c2)O[C@@H]2CCC[C@@H]12. The summed E-state index contributed by atoms with van der Waals surface area (Å²) in [5.74, 6) is 0.515. The molecule has 20 heavy (non-hydrogen) atoms. The number of carbonyl (C=O) groups excluding carboxylic acids is 1. The van der Waals surface area contributed by atoms with Gasteiger partial charge in [-0.05, 0) is 37.0 Å². The lowest BCUT2D eigenvalue weighted by Crippen LogP contribution is -2.47. The van der Waals surface area contributed by atoms with Gasteiger partial charge in [-0.1, -0.05) is 30.2 Å². The molecule has 1 aliphatic heterocycles. The number of benzene rings is 1. The molecule has 0 aromatic heterocycles. The fourth-order valence-electron chi connectivity index (χ4n) is 3.60. The fourth-order valence-corrected chi connectivity index (χ4v) is 3.80. The predicted octanol–water partition coefficient (Wildman–Crippen LogP) is 3.47. The van der Waals surface area contributed by atoms with E-state index in [9.17, 15) is 4.79 Å². The summed E-state index contributed by atoms with van der Waals surface area (Å²) in [4.78, 5) is 11.4. The van der Waals surface area contributed by atoms with Crippen LogP contribution in [0.4, 0.5) is 0 Å². The van der Waals surface area contributed by atoms with Crippen LogP contribution in [0.25, 0.3) is 0 Å². The maximum absolute atomic E-state index is 11.4. The minimum atomic E-state index is 0.0323. The number of halogens is 1. The summed E-state index contributed by atoms with van der Waals surface area (Å²) in [5.41, 5.74) is 1.11. The Morgan fingerprint density at radius 3 is 3.00 bits per heavy atom. The summed E-state index contributed by atoms with van der Waals surface area (Å²) in [6, 6.07) is 8.06. The second-order valence-corrected chi connectivity index (χ2v) is 6.29. The van der Waals surface area contributed by atoms with E-state index in [4.69, 9.17) is 16.3 Å². The first-order valence-electron chi connectivity index (χ1n) is 7.31. The van der Waals surface area contributed by atoms with Crippen LogP contribution in [0.5, 0.6) is 0 Å². The Balaban J connectivity index is 1.81. The van der Waals surface area contributed by atoms with Gasteiger partial charge in [0.05, 0.1) is 12.2 Å². The number of hydrogen-bond acceptors (Lipinski definition) is 2. The van der Waals surface area contributed by atoms with Gasteiger partial charge in [-0.2, -0.15) is 0 Å². The zero-order chi connectivity index (χ0) is 14.1. The van der Waals surface area contributed by atoms with Crippen LogP contribution in [-0.2, 0) is 9.53 Å².